The first-order chi connectivity index (χ1) is 12.7. The van der Waals surface area contributed by atoms with Crippen LogP contribution < -0.4 is 0 Å². The third-order valence-corrected chi connectivity index (χ3v) is 5.60. The van der Waals surface area contributed by atoms with Crippen molar-refractivity contribution in [3.63, 3.8) is 0 Å². The highest BCUT2D eigenvalue weighted by Gasteiger charge is 2.22. The first-order valence-corrected chi connectivity index (χ1v) is 10.5. The molecule has 3 heterocycles. The molecule has 130 valence electrons. The molecule has 0 atom stereocenters. The second-order valence-electron chi connectivity index (χ2n) is 5.57. The molecule has 0 unspecified atom stereocenters. The second kappa shape index (κ2) is 7.61. The third-order valence-electron chi connectivity index (χ3n) is 3.88. The van der Waals surface area contributed by atoms with Crippen molar-refractivity contribution in [1.82, 2.24) is 9.99 Å². The van der Waals surface area contributed by atoms with E-state index in [4.69, 9.17) is 21.7 Å². The molecule has 0 bridgehead atoms. The lowest BCUT2D eigenvalue weighted by atomic mass is 10.0. The van der Waals surface area contributed by atoms with Gasteiger partial charge in [-0.1, -0.05) is 41.6 Å². The summed E-state index contributed by atoms with van der Waals surface area (Å²) in [7, 11) is 0. The number of hydrogen-bond donors (Lipinski definition) is 0. The molecule has 0 fully saturated rings. The number of rotatable bonds is 3. The highest BCUT2D eigenvalue weighted by Crippen LogP contribution is 2.33. The van der Waals surface area contributed by atoms with Gasteiger partial charge in [0.2, 0.25) is 0 Å². The summed E-state index contributed by atoms with van der Waals surface area (Å²) >= 11 is 9.26. The largest absolute Gasteiger partial charge is 0.259 e. The number of thioether (sulfide) groups is 1. The minimum atomic E-state index is 0.562. The predicted molar refractivity (Wildman–Crippen MR) is 112 cm³/mol. The molecule has 0 saturated carbocycles. The summed E-state index contributed by atoms with van der Waals surface area (Å²) in [6.45, 7) is 0.562. The van der Waals surface area contributed by atoms with Crippen LogP contribution in [0.3, 0.4) is 0 Å². The lowest BCUT2D eigenvalue weighted by molar-refractivity contribution is 0.443. The quantitative estimate of drug-likeness (QED) is 0.591. The van der Waals surface area contributed by atoms with Gasteiger partial charge in [0, 0.05) is 22.3 Å². The number of hydrogen-bond acceptors (Lipinski definition) is 6. The molecule has 7 heteroatoms. The highest BCUT2D eigenvalue weighted by molar-refractivity contribution is 8.13. The van der Waals surface area contributed by atoms with E-state index in [-0.39, 0.29) is 0 Å². The minimum Gasteiger partial charge on any atom is -0.259 e. The lowest BCUT2D eigenvalue weighted by Gasteiger charge is -2.19. The molecule has 1 aliphatic heterocycles. The van der Waals surface area contributed by atoms with Crippen molar-refractivity contribution in [2.45, 2.75) is 6.54 Å². The number of fused-ring (bicyclic) bond motifs is 1. The summed E-state index contributed by atoms with van der Waals surface area (Å²) in [6.07, 6.45) is 3.81. The van der Waals surface area contributed by atoms with Crippen molar-refractivity contribution in [2.24, 2.45) is 10.1 Å². The summed E-state index contributed by atoms with van der Waals surface area (Å²) in [6, 6.07) is 15.7. The number of benzene rings is 1. The summed E-state index contributed by atoms with van der Waals surface area (Å²) in [5.41, 5.74) is 3.88. The van der Waals surface area contributed by atoms with Crippen LogP contribution in [-0.2, 0) is 6.54 Å². The maximum atomic E-state index is 6.06. The van der Waals surface area contributed by atoms with Crippen LogP contribution in [0.15, 0.2) is 70.2 Å². The van der Waals surface area contributed by atoms with Gasteiger partial charge in [-0.15, -0.1) is 11.3 Å². The molecular formula is C19H15ClN4S2. The van der Waals surface area contributed by atoms with E-state index in [2.05, 4.69) is 11.1 Å². The van der Waals surface area contributed by atoms with E-state index >= 15 is 0 Å². The molecule has 4 nitrogen and oxygen atoms in total. The molecule has 1 aromatic carbocycles. The van der Waals surface area contributed by atoms with Gasteiger partial charge in [0.15, 0.2) is 5.17 Å². The number of thiophene rings is 1. The zero-order valence-corrected chi connectivity index (χ0v) is 16.4. The number of amidine groups is 1. The van der Waals surface area contributed by atoms with Crippen molar-refractivity contribution in [3.8, 4) is 0 Å². The van der Waals surface area contributed by atoms with Gasteiger partial charge < -0.3 is 0 Å². The fourth-order valence-electron chi connectivity index (χ4n) is 2.65. The number of aliphatic imine (C=N–C) groups is 1. The second-order valence-corrected chi connectivity index (χ2v) is 7.68. The number of aromatic nitrogens is 1. The van der Waals surface area contributed by atoms with E-state index in [0.29, 0.717) is 11.6 Å². The third kappa shape index (κ3) is 3.53. The SMILES string of the molecule is CSC1=Nc2sccc2C(c2ccc(Cl)cc2)=NN1Cc1ccccn1. The van der Waals surface area contributed by atoms with Gasteiger partial charge in [0.1, 0.15) is 10.7 Å². The Morgan fingerprint density at radius 1 is 1.12 bits per heavy atom. The van der Waals surface area contributed by atoms with Gasteiger partial charge >= 0.3 is 0 Å². The lowest BCUT2D eigenvalue weighted by Crippen LogP contribution is -2.24. The number of pyridine rings is 1. The van der Waals surface area contributed by atoms with Crippen LogP contribution >= 0.6 is 34.7 Å². The standard InChI is InChI=1S/C19H15ClN4S2/c1-25-19-22-18-16(9-11-26-18)17(13-5-7-14(20)8-6-13)23-24(19)12-15-4-2-3-10-21-15/h2-11H,12H2,1H3. The summed E-state index contributed by atoms with van der Waals surface area (Å²) in [5, 5.41) is 11.4. The highest BCUT2D eigenvalue weighted by atomic mass is 35.5. The van der Waals surface area contributed by atoms with Crippen LogP contribution in [0.25, 0.3) is 0 Å². The summed E-state index contributed by atoms with van der Waals surface area (Å²) in [5.74, 6) is 0. The van der Waals surface area contributed by atoms with E-state index in [1.807, 2.05) is 59.1 Å². The number of hydrazone groups is 1. The van der Waals surface area contributed by atoms with Crippen molar-refractivity contribution >= 4 is 50.6 Å². The average Bonchev–Trinajstić information content (AvgIpc) is 3.07. The maximum absolute atomic E-state index is 6.06. The van der Waals surface area contributed by atoms with Crippen molar-refractivity contribution in [2.75, 3.05) is 6.26 Å². The van der Waals surface area contributed by atoms with Gasteiger partial charge in [0.05, 0.1) is 12.2 Å². The molecule has 0 aliphatic carbocycles. The molecule has 0 radical (unpaired) electrons. The summed E-state index contributed by atoms with van der Waals surface area (Å²) < 4.78 is 0. The average molecular weight is 399 g/mol. The van der Waals surface area contributed by atoms with Crippen LogP contribution in [0.1, 0.15) is 16.8 Å². The van der Waals surface area contributed by atoms with E-state index in [9.17, 15) is 0 Å². The van der Waals surface area contributed by atoms with Crippen molar-refractivity contribution in [3.05, 3.63) is 82.0 Å². The Balaban J connectivity index is 1.81. The predicted octanol–water partition coefficient (Wildman–Crippen LogP) is 5.42. The first-order valence-electron chi connectivity index (χ1n) is 7.97. The van der Waals surface area contributed by atoms with Crippen LogP contribution in [0.2, 0.25) is 5.02 Å². The summed E-state index contributed by atoms with van der Waals surface area (Å²) in [4.78, 5) is 9.27. The molecule has 0 spiro atoms. The topological polar surface area (TPSA) is 40.9 Å². The molecule has 0 amide bonds. The number of nitrogens with zero attached hydrogens (tertiary/aromatic N) is 4. The minimum absolute atomic E-state index is 0.562. The van der Waals surface area contributed by atoms with Gasteiger partial charge in [-0.2, -0.15) is 5.10 Å². The van der Waals surface area contributed by atoms with Crippen LogP contribution in [-0.4, -0.2) is 27.1 Å². The fraction of sp³-hybridized carbons (Fsp3) is 0.105. The Bertz CT molecular complexity index is 965. The van der Waals surface area contributed by atoms with E-state index < -0.39 is 0 Å². The first kappa shape index (κ1) is 17.3. The van der Waals surface area contributed by atoms with Gasteiger partial charge in [-0.3, -0.25) is 4.98 Å². The Hall–Kier alpha value is -2.15. The van der Waals surface area contributed by atoms with Crippen LogP contribution in [0, 0.1) is 0 Å². The maximum Gasteiger partial charge on any atom is 0.185 e. The number of halogens is 1. The Kier molecular flexibility index (Phi) is 5.06. The normalized spacial score (nSPS) is 13.7. The van der Waals surface area contributed by atoms with Gasteiger partial charge in [0.25, 0.3) is 0 Å². The molecular weight excluding hydrogens is 384 g/mol. The Labute approximate surface area is 165 Å². The van der Waals surface area contributed by atoms with E-state index in [1.54, 1.807) is 29.3 Å². The smallest absolute Gasteiger partial charge is 0.185 e. The zero-order chi connectivity index (χ0) is 17.9. The fourth-order valence-corrected chi connectivity index (χ4v) is 4.10. The molecule has 26 heavy (non-hydrogen) atoms. The van der Waals surface area contributed by atoms with Crippen LogP contribution in [0.4, 0.5) is 5.00 Å². The molecule has 4 rings (SSSR count). The van der Waals surface area contributed by atoms with Crippen molar-refractivity contribution in [1.29, 1.82) is 0 Å². The Morgan fingerprint density at radius 2 is 1.96 bits per heavy atom. The van der Waals surface area contributed by atoms with Gasteiger partial charge in [-0.05, 0) is 42.0 Å². The zero-order valence-electron chi connectivity index (χ0n) is 14.0. The van der Waals surface area contributed by atoms with Gasteiger partial charge in [-0.25, -0.2) is 10.0 Å². The van der Waals surface area contributed by atoms with E-state index in [0.717, 1.165) is 32.7 Å². The Morgan fingerprint density at radius 3 is 2.69 bits per heavy atom. The molecule has 1 aliphatic rings. The van der Waals surface area contributed by atoms with Crippen LogP contribution in [0.5, 0.6) is 0 Å². The van der Waals surface area contributed by atoms with Crippen molar-refractivity contribution < 1.29 is 0 Å². The van der Waals surface area contributed by atoms with E-state index in [1.165, 1.54) is 0 Å². The molecule has 2 aromatic heterocycles. The molecule has 0 saturated heterocycles. The molecule has 3 aromatic rings. The monoisotopic (exact) mass is 398 g/mol. The molecule has 0 N–H and O–H groups in total.